The second-order valence-corrected chi connectivity index (χ2v) is 7.71. The van der Waals surface area contributed by atoms with Gasteiger partial charge in [-0.2, -0.15) is 0 Å². The highest BCUT2D eigenvalue weighted by Gasteiger charge is 2.18. The van der Waals surface area contributed by atoms with Gasteiger partial charge in [-0.25, -0.2) is 4.98 Å². The third kappa shape index (κ3) is 3.77. The molecule has 28 heavy (non-hydrogen) atoms. The van der Waals surface area contributed by atoms with E-state index in [2.05, 4.69) is 16.4 Å². The average molecular weight is 391 g/mol. The standard InChI is InChI=1S/C22H21N3O2S/c1-14-10-15(2)12-17(11-14)27-16(3)21(26)23-19-7-5-4-6-18(19)20-13-25-8-9-28-22(25)24-20/h4-13,16H,1-3H3,(H,23,26). The van der Waals surface area contributed by atoms with Crippen LogP contribution < -0.4 is 10.1 Å². The first-order valence-corrected chi connectivity index (χ1v) is 9.95. The summed E-state index contributed by atoms with van der Waals surface area (Å²) >= 11 is 1.58. The Morgan fingerprint density at radius 2 is 1.93 bits per heavy atom. The fraction of sp³-hybridized carbons (Fsp3) is 0.182. The molecular formula is C22H21N3O2S. The largest absolute Gasteiger partial charge is 0.481 e. The number of nitrogens with zero attached hydrogens (tertiary/aromatic N) is 2. The highest BCUT2D eigenvalue weighted by molar-refractivity contribution is 7.15. The lowest BCUT2D eigenvalue weighted by atomic mass is 10.1. The van der Waals surface area contributed by atoms with Crippen LogP contribution in [0.5, 0.6) is 5.75 Å². The summed E-state index contributed by atoms with van der Waals surface area (Å²) in [4.78, 5) is 18.3. The molecule has 1 amide bonds. The van der Waals surface area contributed by atoms with Crippen LogP contribution in [0.4, 0.5) is 5.69 Å². The Morgan fingerprint density at radius 1 is 1.18 bits per heavy atom. The van der Waals surface area contributed by atoms with Crippen molar-refractivity contribution in [1.29, 1.82) is 0 Å². The number of para-hydroxylation sites is 1. The van der Waals surface area contributed by atoms with Gasteiger partial charge in [0, 0.05) is 23.3 Å². The van der Waals surface area contributed by atoms with Gasteiger partial charge < -0.3 is 10.1 Å². The number of imidazole rings is 1. The molecule has 2 aromatic heterocycles. The molecule has 0 aliphatic carbocycles. The maximum Gasteiger partial charge on any atom is 0.265 e. The molecule has 0 radical (unpaired) electrons. The van der Waals surface area contributed by atoms with E-state index in [1.54, 1.807) is 18.3 Å². The van der Waals surface area contributed by atoms with E-state index in [1.165, 1.54) is 0 Å². The van der Waals surface area contributed by atoms with Crippen LogP contribution >= 0.6 is 11.3 Å². The van der Waals surface area contributed by atoms with Crippen molar-refractivity contribution >= 4 is 27.9 Å². The number of carbonyl (C=O) groups excluding carboxylic acids is 1. The number of aryl methyl sites for hydroxylation is 2. The van der Waals surface area contributed by atoms with Crippen LogP contribution in [0.25, 0.3) is 16.2 Å². The molecule has 0 aliphatic rings. The van der Waals surface area contributed by atoms with E-state index < -0.39 is 6.10 Å². The Labute approximate surface area is 167 Å². The Balaban J connectivity index is 1.53. The van der Waals surface area contributed by atoms with E-state index in [9.17, 15) is 4.79 Å². The van der Waals surface area contributed by atoms with Crippen molar-refractivity contribution in [3.05, 3.63) is 71.4 Å². The minimum atomic E-state index is -0.625. The number of carbonyl (C=O) groups is 1. The molecule has 0 aliphatic heterocycles. The molecule has 0 fully saturated rings. The van der Waals surface area contributed by atoms with E-state index in [0.29, 0.717) is 11.4 Å². The quantitative estimate of drug-likeness (QED) is 0.516. The fourth-order valence-corrected chi connectivity index (χ4v) is 3.87. The smallest absolute Gasteiger partial charge is 0.265 e. The van der Waals surface area contributed by atoms with Gasteiger partial charge in [-0.15, -0.1) is 11.3 Å². The third-order valence-electron chi connectivity index (χ3n) is 4.43. The molecule has 0 saturated carbocycles. The molecular weight excluding hydrogens is 370 g/mol. The van der Waals surface area contributed by atoms with Crippen LogP contribution in [-0.2, 0) is 4.79 Å². The van der Waals surface area contributed by atoms with Crippen LogP contribution in [0.3, 0.4) is 0 Å². The highest BCUT2D eigenvalue weighted by Crippen LogP contribution is 2.28. The molecule has 0 saturated heterocycles. The molecule has 1 N–H and O–H groups in total. The average Bonchev–Trinajstić information content (AvgIpc) is 3.23. The lowest BCUT2D eigenvalue weighted by molar-refractivity contribution is -0.122. The zero-order valence-corrected chi connectivity index (χ0v) is 16.8. The minimum absolute atomic E-state index is 0.201. The molecule has 1 unspecified atom stereocenters. The summed E-state index contributed by atoms with van der Waals surface area (Å²) < 4.78 is 7.84. The number of thiazole rings is 1. The molecule has 4 aromatic rings. The zero-order valence-electron chi connectivity index (χ0n) is 16.0. The molecule has 1 atom stereocenters. The maximum absolute atomic E-state index is 12.7. The number of aromatic nitrogens is 2. The lowest BCUT2D eigenvalue weighted by Crippen LogP contribution is -2.30. The van der Waals surface area contributed by atoms with Crippen molar-refractivity contribution in [3.8, 4) is 17.0 Å². The summed E-state index contributed by atoms with van der Waals surface area (Å²) in [5, 5.41) is 4.98. The summed E-state index contributed by atoms with van der Waals surface area (Å²) in [5.41, 5.74) is 4.63. The van der Waals surface area contributed by atoms with E-state index >= 15 is 0 Å². The lowest BCUT2D eigenvalue weighted by Gasteiger charge is -2.17. The number of fused-ring (bicyclic) bond motifs is 1. The van der Waals surface area contributed by atoms with Crippen molar-refractivity contribution in [1.82, 2.24) is 9.38 Å². The topological polar surface area (TPSA) is 55.6 Å². The number of amides is 1. The van der Waals surface area contributed by atoms with Crippen LogP contribution in [0.1, 0.15) is 18.1 Å². The molecule has 0 spiro atoms. The predicted molar refractivity (Wildman–Crippen MR) is 113 cm³/mol. The highest BCUT2D eigenvalue weighted by atomic mass is 32.1. The first-order valence-electron chi connectivity index (χ1n) is 9.07. The van der Waals surface area contributed by atoms with E-state index in [0.717, 1.165) is 27.3 Å². The van der Waals surface area contributed by atoms with Gasteiger partial charge in [0.25, 0.3) is 5.91 Å². The van der Waals surface area contributed by atoms with Crippen LogP contribution in [0.15, 0.2) is 60.2 Å². The van der Waals surface area contributed by atoms with Crippen molar-refractivity contribution in [2.24, 2.45) is 0 Å². The van der Waals surface area contributed by atoms with Crippen LogP contribution in [0.2, 0.25) is 0 Å². The number of ether oxygens (including phenoxy) is 1. The molecule has 4 rings (SSSR count). The second kappa shape index (κ2) is 7.48. The van der Waals surface area contributed by atoms with Crippen molar-refractivity contribution in [2.75, 3.05) is 5.32 Å². The normalized spacial score (nSPS) is 12.1. The SMILES string of the molecule is Cc1cc(C)cc(OC(C)C(=O)Nc2ccccc2-c2cn3ccsc3n2)c1. The first-order chi connectivity index (χ1) is 13.5. The van der Waals surface area contributed by atoms with Gasteiger partial charge in [0.05, 0.1) is 11.4 Å². The Morgan fingerprint density at radius 3 is 2.68 bits per heavy atom. The Bertz CT molecular complexity index is 1100. The van der Waals surface area contributed by atoms with Crippen molar-refractivity contribution in [3.63, 3.8) is 0 Å². The van der Waals surface area contributed by atoms with E-state index in [1.807, 2.05) is 72.4 Å². The summed E-state index contributed by atoms with van der Waals surface area (Å²) in [5.74, 6) is 0.496. The Kier molecular flexibility index (Phi) is 4.88. The Hall–Kier alpha value is -3.12. The van der Waals surface area contributed by atoms with Crippen LogP contribution in [-0.4, -0.2) is 21.4 Å². The van der Waals surface area contributed by atoms with E-state index in [-0.39, 0.29) is 5.91 Å². The monoisotopic (exact) mass is 391 g/mol. The first kappa shape index (κ1) is 18.3. The van der Waals surface area contributed by atoms with Gasteiger partial charge in [0.2, 0.25) is 0 Å². The van der Waals surface area contributed by atoms with Crippen LogP contribution in [0, 0.1) is 13.8 Å². The van der Waals surface area contributed by atoms with Gasteiger partial charge >= 0.3 is 0 Å². The predicted octanol–water partition coefficient (Wildman–Crippen LogP) is 5.09. The second-order valence-electron chi connectivity index (χ2n) is 6.84. The van der Waals surface area contributed by atoms with Gasteiger partial charge in [-0.1, -0.05) is 24.3 Å². The molecule has 2 heterocycles. The van der Waals surface area contributed by atoms with Gasteiger partial charge in [0.1, 0.15) is 5.75 Å². The summed E-state index contributed by atoms with van der Waals surface area (Å²) in [6.45, 7) is 5.77. The van der Waals surface area contributed by atoms with Gasteiger partial charge in [-0.3, -0.25) is 9.20 Å². The summed E-state index contributed by atoms with van der Waals surface area (Å²) in [6, 6.07) is 13.6. The molecule has 5 nitrogen and oxygen atoms in total. The van der Waals surface area contributed by atoms with Crippen molar-refractivity contribution in [2.45, 2.75) is 26.9 Å². The maximum atomic E-state index is 12.7. The number of nitrogens with one attached hydrogen (secondary N) is 1. The third-order valence-corrected chi connectivity index (χ3v) is 5.20. The summed E-state index contributed by atoms with van der Waals surface area (Å²) in [6.07, 6.45) is 3.31. The summed E-state index contributed by atoms with van der Waals surface area (Å²) in [7, 11) is 0. The molecule has 2 aromatic carbocycles. The number of anilines is 1. The number of hydrogen-bond donors (Lipinski definition) is 1. The fourth-order valence-electron chi connectivity index (χ4n) is 3.17. The van der Waals surface area contributed by atoms with Gasteiger partial charge in [0.15, 0.2) is 11.1 Å². The number of hydrogen-bond acceptors (Lipinski definition) is 4. The number of rotatable bonds is 5. The van der Waals surface area contributed by atoms with Crippen molar-refractivity contribution < 1.29 is 9.53 Å². The minimum Gasteiger partial charge on any atom is -0.481 e. The molecule has 6 heteroatoms. The number of benzene rings is 2. The molecule has 0 bridgehead atoms. The van der Waals surface area contributed by atoms with Gasteiger partial charge in [-0.05, 0) is 50.1 Å². The zero-order chi connectivity index (χ0) is 19.7. The van der Waals surface area contributed by atoms with E-state index in [4.69, 9.17) is 4.74 Å². The molecule has 142 valence electrons.